The predicted molar refractivity (Wildman–Crippen MR) is 57.2 cm³/mol. The van der Waals surface area contributed by atoms with Crippen LogP contribution in [-0.2, 0) is 4.79 Å². The van der Waals surface area contributed by atoms with Crippen LogP contribution in [0.1, 0.15) is 26.2 Å². The van der Waals surface area contributed by atoms with Crippen LogP contribution in [0, 0.1) is 11.3 Å². The Morgan fingerprint density at radius 1 is 1.60 bits per heavy atom. The van der Waals surface area contributed by atoms with Gasteiger partial charge < -0.3 is 20.2 Å². The molecular weight excluding hydrogens is 193 g/mol. The molecule has 0 aromatic carbocycles. The minimum absolute atomic E-state index is 0.0291. The largest absolute Gasteiger partial charge is 0.451 e. The second-order valence-electron chi connectivity index (χ2n) is 5.11. The molecule has 4 nitrogen and oxygen atoms in total. The van der Waals surface area contributed by atoms with Crippen molar-refractivity contribution in [2.45, 2.75) is 44.6 Å². The first-order valence-electron chi connectivity index (χ1n) is 5.65. The smallest absolute Gasteiger partial charge is 0.427 e. The van der Waals surface area contributed by atoms with E-state index in [4.69, 9.17) is 10.0 Å². The van der Waals surface area contributed by atoms with Gasteiger partial charge in [-0.15, -0.1) is 0 Å². The van der Waals surface area contributed by atoms with E-state index in [1.807, 2.05) is 0 Å². The molecule has 84 valence electrons. The Balaban J connectivity index is 1.89. The normalized spacial score (nSPS) is 42.5. The molecule has 0 radical (unpaired) electrons. The number of aldehydes is 1. The molecule has 0 aromatic heterocycles. The number of fused-ring (bicyclic) bond motifs is 1. The van der Waals surface area contributed by atoms with E-state index in [9.17, 15) is 4.79 Å². The zero-order chi connectivity index (χ0) is 11.1. The van der Waals surface area contributed by atoms with Crippen LogP contribution in [0.3, 0.4) is 0 Å². The van der Waals surface area contributed by atoms with Gasteiger partial charge in [-0.2, -0.15) is 0 Å². The minimum atomic E-state index is -1.22. The van der Waals surface area contributed by atoms with Gasteiger partial charge >= 0.3 is 7.12 Å². The molecule has 0 amide bonds. The summed E-state index contributed by atoms with van der Waals surface area (Å²) in [4.78, 5) is 10.9. The van der Waals surface area contributed by atoms with Gasteiger partial charge in [0.2, 0.25) is 0 Å². The summed E-state index contributed by atoms with van der Waals surface area (Å²) < 4.78 is 0. The molecular formula is C10H18BNO3. The summed E-state index contributed by atoms with van der Waals surface area (Å²) in [6.07, 6.45) is 4.23. The number of nitrogens with one attached hydrogen (secondary N) is 1. The van der Waals surface area contributed by atoms with Crippen molar-refractivity contribution in [3.8, 4) is 0 Å². The Bertz CT molecular complexity index is 261. The Morgan fingerprint density at radius 2 is 2.33 bits per heavy atom. The van der Waals surface area contributed by atoms with Crippen LogP contribution in [0.5, 0.6) is 0 Å². The van der Waals surface area contributed by atoms with Crippen molar-refractivity contribution in [3.63, 3.8) is 0 Å². The second kappa shape index (κ2) is 3.89. The number of hydrogen-bond donors (Lipinski definition) is 3. The van der Waals surface area contributed by atoms with Gasteiger partial charge in [0.25, 0.3) is 0 Å². The van der Waals surface area contributed by atoms with Crippen molar-refractivity contribution in [3.05, 3.63) is 0 Å². The summed E-state index contributed by atoms with van der Waals surface area (Å²) in [5.74, 6) is 0.614. The third-order valence-electron chi connectivity index (χ3n) is 4.06. The third kappa shape index (κ3) is 1.96. The van der Waals surface area contributed by atoms with Gasteiger partial charge in [0.05, 0.1) is 6.04 Å². The van der Waals surface area contributed by atoms with Crippen LogP contribution in [0.25, 0.3) is 0 Å². The molecule has 2 rings (SSSR count). The quantitative estimate of drug-likeness (QED) is 0.435. The minimum Gasteiger partial charge on any atom is -0.427 e. The van der Waals surface area contributed by atoms with Crippen LogP contribution < -0.4 is 5.32 Å². The molecule has 1 aliphatic carbocycles. The maximum atomic E-state index is 10.9. The van der Waals surface area contributed by atoms with E-state index in [1.54, 1.807) is 0 Å². The van der Waals surface area contributed by atoms with E-state index in [1.165, 1.54) is 6.42 Å². The van der Waals surface area contributed by atoms with E-state index >= 15 is 0 Å². The zero-order valence-electron chi connectivity index (χ0n) is 9.02. The fraction of sp³-hybridized carbons (Fsp3) is 0.900. The summed E-state index contributed by atoms with van der Waals surface area (Å²) >= 11 is 0. The molecule has 2 fully saturated rings. The topological polar surface area (TPSA) is 69.6 Å². The van der Waals surface area contributed by atoms with Gasteiger partial charge in [0.1, 0.15) is 6.29 Å². The molecule has 15 heavy (non-hydrogen) atoms. The lowest BCUT2D eigenvalue weighted by molar-refractivity contribution is -0.111. The Morgan fingerprint density at radius 3 is 2.93 bits per heavy atom. The van der Waals surface area contributed by atoms with Crippen molar-refractivity contribution in [2.75, 3.05) is 0 Å². The monoisotopic (exact) mass is 211 g/mol. The molecule has 5 heteroatoms. The van der Waals surface area contributed by atoms with Crippen molar-refractivity contribution >= 4 is 13.4 Å². The molecule has 0 aromatic rings. The van der Waals surface area contributed by atoms with Crippen LogP contribution in [0.4, 0.5) is 0 Å². The zero-order valence-corrected chi connectivity index (χ0v) is 9.02. The summed E-state index contributed by atoms with van der Waals surface area (Å²) in [5, 5.41) is 20.9. The number of rotatable bonds is 5. The second-order valence-corrected chi connectivity index (χ2v) is 5.11. The molecule has 3 N–H and O–H groups in total. The van der Waals surface area contributed by atoms with Crippen LogP contribution >= 0.6 is 0 Å². The average Bonchev–Trinajstić information content (AvgIpc) is 2.88. The van der Waals surface area contributed by atoms with Gasteiger partial charge in [-0.3, -0.25) is 0 Å². The standard InChI is InChI=1S/C10H18BNO3/c1-10(3-2-4-11(14)15)7-5-8(7)12-9(10)6-13/h6-9,12,14-15H,2-5H2,1H3/t7-,8+,9?,10-/m1/s1. The van der Waals surface area contributed by atoms with Crippen molar-refractivity contribution in [1.82, 2.24) is 5.32 Å². The highest BCUT2D eigenvalue weighted by Gasteiger charge is 2.59. The summed E-state index contributed by atoms with van der Waals surface area (Å²) in [6, 6.07) is 0.487. The number of hydrogen-bond acceptors (Lipinski definition) is 4. The van der Waals surface area contributed by atoms with Gasteiger partial charge in [0.15, 0.2) is 0 Å². The third-order valence-corrected chi connectivity index (χ3v) is 4.06. The highest BCUT2D eigenvalue weighted by molar-refractivity contribution is 6.40. The molecule has 1 saturated carbocycles. The maximum absolute atomic E-state index is 10.9. The fourth-order valence-corrected chi connectivity index (χ4v) is 2.96. The number of carbonyl (C=O) groups excluding carboxylic acids is 1. The highest BCUT2D eigenvalue weighted by atomic mass is 16.4. The number of piperidine rings is 1. The first kappa shape index (κ1) is 11.1. The molecule has 2 aliphatic rings. The summed E-state index contributed by atoms with van der Waals surface area (Å²) in [5.41, 5.74) is 0.0291. The van der Waals surface area contributed by atoms with Gasteiger partial charge in [0, 0.05) is 6.04 Å². The van der Waals surface area contributed by atoms with Crippen molar-refractivity contribution in [2.24, 2.45) is 11.3 Å². The lowest BCUT2D eigenvalue weighted by Crippen LogP contribution is -2.40. The van der Waals surface area contributed by atoms with Crippen LogP contribution in [-0.4, -0.2) is 35.5 Å². The van der Waals surface area contributed by atoms with E-state index in [0.717, 1.165) is 19.1 Å². The maximum Gasteiger partial charge on any atom is 0.451 e. The summed E-state index contributed by atoms with van der Waals surface area (Å²) in [6.45, 7) is 2.14. The first-order chi connectivity index (χ1) is 7.08. The Kier molecular flexibility index (Phi) is 2.88. The van der Waals surface area contributed by atoms with Crippen LogP contribution in [0.15, 0.2) is 0 Å². The van der Waals surface area contributed by atoms with Gasteiger partial charge in [-0.1, -0.05) is 13.3 Å². The summed E-state index contributed by atoms with van der Waals surface area (Å²) in [7, 11) is -1.22. The van der Waals surface area contributed by atoms with Gasteiger partial charge in [-0.25, -0.2) is 0 Å². The lowest BCUT2D eigenvalue weighted by Gasteiger charge is -2.30. The van der Waals surface area contributed by atoms with E-state index in [-0.39, 0.29) is 11.5 Å². The number of carbonyl (C=O) groups is 1. The SMILES string of the molecule is C[C@]1(CCCB(O)O)C(C=O)N[C@H]2C[C@H]21. The van der Waals surface area contributed by atoms with E-state index in [0.29, 0.717) is 18.3 Å². The molecule has 0 bridgehead atoms. The molecule has 1 aliphatic heterocycles. The fourth-order valence-electron chi connectivity index (χ4n) is 2.96. The molecule has 1 unspecified atom stereocenters. The average molecular weight is 211 g/mol. The van der Waals surface area contributed by atoms with E-state index in [2.05, 4.69) is 12.2 Å². The van der Waals surface area contributed by atoms with Crippen molar-refractivity contribution < 1.29 is 14.8 Å². The molecule has 1 saturated heterocycles. The van der Waals surface area contributed by atoms with Crippen LogP contribution in [0.2, 0.25) is 6.32 Å². The molecule has 4 atom stereocenters. The highest BCUT2D eigenvalue weighted by Crippen LogP contribution is 2.55. The first-order valence-corrected chi connectivity index (χ1v) is 5.65. The van der Waals surface area contributed by atoms with E-state index < -0.39 is 7.12 Å². The van der Waals surface area contributed by atoms with Gasteiger partial charge in [-0.05, 0) is 30.5 Å². The lowest BCUT2D eigenvalue weighted by atomic mass is 9.73. The molecule has 1 heterocycles. The predicted octanol–water partition coefficient (Wildman–Crippen LogP) is -0.195. The molecule has 0 spiro atoms. The Labute approximate surface area is 90.2 Å². The Hall–Kier alpha value is -0.385. The van der Waals surface area contributed by atoms with Crippen molar-refractivity contribution in [1.29, 1.82) is 0 Å².